The molecule has 0 saturated carbocycles. The van der Waals surface area contributed by atoms with Crippen LogP contribution < -0.4 is 5.56 Å². The lowest BCUT2D eigenvalue weighted by molar-refractivity contribution is -0.148. The van der Waals surface area contributed by atoms with E-state index < -0.39 is 23.8 Å². The summed E-state index contributed by atoms with van der Waals surface area (Å²) in [7, 11) is 0. The van der Waals surface area contributed by atoms with E-state index in [-0.39, 0.29) is 23.4 Å². The molecule has 1 atom stereocenters. The van der Waals surface area contributed by atoms with Gasteiger partial charge in [-0.1, -0.05) is 30.3 Å². The van der Waals surface area contributed by atoms with Gasteiger partial charge < -0.3 is 9.72 Å². The molecule has 0 bridgehead atoms. The Balaban J connectivity index is 1.74. The molecule has 1 heterocycles. The Hall–Kier alpha value is -3.16. The number of H-pyrrole nitrogens is 1. The number of ether oxygens (including phenoxy) is 1. The Morgan fingerprint density at radius 1 is 1.19 bits per heavy atom. The summed E-state index contributed by atoms with van der Waals surface area (Å²) in [5.41, 5.74) is -0.559. The fourth-order valence-electron chi connectivity index (χ4n) is 2.62. The van der Waals surface area contributed by atoms with E-state index in [9.17, 15) is 22.8 Å². The van der Waals surface area contributed by atoms with E-state index in [0.29, 0.717) is 10.9 Å². The number of nitrogens with one attached hydrogen (secondary N) is 1. The second-order valence-electron chi connectivity index (χ2n) is 5.98. The van der Waals surface area contributed by atoms with Crippen LogP contribution in [0.1, 0.15) is 30.0 Å². The molecule has 0 amide bonds. The average Bonchev–Trinajstić information content (AvgIpc) is 2.61. The van der Waals surface area contributed by atoms with Gasteiger partial charge in [-0.05, 0) is 30.7 Å². The summed E-state index contributed by atoms with van der Waals surface area (Å²) in [6, 6.07) is 11.2. The molecule has 0 aliphatic rings. The van der Waals surface area contributed by atoms with Crippen molar-refractivity contribution >= 4 is 16.9 Å². The maximum absolute atomic E-state index is 12.7. The zero-order valence-corrected chi connectivity index (χ0v) is 14.2. The van der Waals surface area contributed by atoms with Gasteiger partial charge in [0.25, 0.3) is 5.56 Å². The van der Waals surface area contributed by atoms with E-state index in [1.165, 1.54) is 19.1 Å². The highest BCUT2D eigenvalue weighted by molar-refractivity contribution is 5.77. The lowest BCUT2D eigenvalue weighted by Gasteiger charge is -2.13. The summed E-state index contributed by atoms with van der Waals surface area (Å²) in [5.74, 6) is -0.561. The number of nitrogens with zero attached hydrogens (tertiary/aromatic N) is 1. The minimum Gasteiger partial charge on any atom is -0.454 e. The number of aromatic amines is 1. The zero-order chi connectivity index (χ0) is 19.6. The molecule has 0 fully saturated rings. The van der Waals surface area contributed by atoms with Gasteiger partial charge in [0.2, 0.25) is 0 Å². The smallest absolute Gasteiger partial charge is 0.416 e. The van der Waals surface area contributed by atoms with Crippen LogP contribution in [0.15, 0.2) is 53.3 Å². The summed E-state index contributed by atoms with van der Waals surface area (Å²) in [6.45, 7) is 1.52. The van der Waals surface area contributed by atoms with Crippen LogP contribution in [-0.4, -0.2) is 15.9 Å². The highest BCUT2D eigenvalue weighted by atomic mass is 19.4. The summed E-state index contributed by atoms with van der Waals surface area (Å²) in [6.07, 6.45) is -5.67. The van der Waals surface area contributed by atoms with E-state index in [4.69, 9.17) is 4.74 Å². The molecule has 8 heteroatoms. The van der Waals surface area contributed by atoms with Crippen molar-refractivity contribution in [2.75, 3.05) is 0 Å². The summed E-state index contributed by atoms with van der Waals surface area (Å²) in [4.78, 5) is 31.0. The minimum atomic E-state index is -4.48. The molecule has 0 saturated heterocycles. The van der Waals surface area contributed by atoms with Gasteiger partial charge in [0.05, 0.1) is 22.9 Å². The first-order valence-corrected chi connectivity index (χ1v) is 8.08. The number of benzene rings is 2. The summed E-state index contributed by atoms with van der Waals surface area (Å²) in [5, 5.41) is 0.406. The highest BCUT2D eigenvalue weighted by Crippen LogP contribution is 2.29. The molecule has 0 radical (unpaired) electrons. The number of hydrogen-bond acceptors (Lipinski definition) is 4. The van der Waals surface area contributed by atoms with Crippen LogP contribution in [0.3, 0.4) is 0 Å². The average molecular weight is 376 g/mol. The predicted molar refractivity (Wildman–Crippen MR) is 92.0 cm³/mol. The fourth-order valence-corrected chi connectivity index (χ4v) is 2.62. The molecule has 3 aromatic rings. The molecule has 1 aromatic heterocycles. The number of esters is 1. The van der Waals surface area contributed by atoms with E-state index >= 15 is 0 Å². The topological polar surface area (TPSA) is 72.0 Å². The van der Waals surface area contributed by atoms with Gasteiger partial charge in [-0.2, -0.15) is 13.2 Å². The normalized spacial score (nSPS) is 12.7. The molecule has 0 aliphatic carbocycles. The van der Waals surface area contributed by atoms with Crippen molar-refractivity contribution < 1.29 is 22.7 Å². The lowest BCUT2D eigenvalue weighted by Crippen LogP contribution is -2.18. The minimum absolute atomic E-state index is 0.163. The second-order valence-corrected chi connectivity index (χ2v) is 5.98. The molecule has 1 N–H and O–H groups in total. The van der Waals surface area contributed by atoms with Crippen LogP contribution in [-0.2, 0) is 22.1 Å². The molecular formula is C19H15F3N2O3. The van der Waals surface area contributed by atoms with Crippen LogP contribution in [0.2, 0.25) is 0 Å². The number of fused-ring (bicyclic) bond motifs is 1. The number of para-hydroxylation sites is 1. The van der Waals surface area contributed by atoms with Crippen LogP contribution >= 0.6 is 0 Å². The third-order valence-electron chi connectivity index (χ3n) is 3.93. The van der Waals surface area contributed by atoms with Gasteiger partial charge in [0.1, 0.15) is 0 Å². The van der Waals surface area contributed by atoms with Crippen molar-refractivity contribution in [3.8, 4) is 0 Å². The number of carbonyl (C=O) groups is 1. The molecular weight excluding hydrogens is 361 g/mol. The Bertz CT molecular complexity index is 1040. The van der Waals surface area contributed by atoms with Crippen molar-refractivity contribution in [1.82, 2.24) is 9.97 Å². The molecule has 27 heavy (non-hydrogen) atoms. The van der Waals surface area contributed by atoms with Crippen LogP contribution in [0.25, 0.3) is 10.9 Å². The lowest BCUT2D eigenvalue weighted by atomic mass is 10.1. The largest absolute Gasteiger partial charge is 0.454 e. The molecule has 2 aromatic carbocycles. The monoisotopic (exact) mass is 376 g/mol. The van der Waals surface area contributed by atoms with E-state index in [0.717, 1.165) is 12.1 Å². The van der Waals surface area contributed by atoms with E-state index in [1.807, 2.05) is 0 Å². The molecule has 140 valence electrons. The number of hydrogen-bond donors (Lipinski definition) is 1. The van der Waals surface area contributed by atoms with Crippen molar-refractivity contribution in [1.29, 1.82) is 0 Å². The second kappa shape index (κ2) is 7.22. The van der Waals surface area contributed by atoms with Gasteiger partial charge in [0, 0.05) is 0 Å². The van der Waals surface area contributed by atoms with Gasteiger partial charge in [-0.3, -0.25) is 9.59 Å². The molecule has 3 rings (SSSR count). The molecule has 5 nitrogen and oxygen atoms in total. The van der Waals surface area contributed by atoms with E-state index in [2.05, 4.69) is 9.97 Å². The SMILES string of the molecule is C[C@H](OC(=O)Cc1cccc(C(F)(F)F)c1)c1nc2ccccc2c(=O)[nH]1. The molecule has 0 spiro atoms. The van der Waals surface area contributed by atoms with Gasteiger partial charge >= 0.3 is 12.1 Å². The third-order valence-corrected chi connectivity index (χ3v) is 3.93. The van der Waals surface area contributed by atoms with Crippen LogP contribution in [0.5, 0.6) is 0 Å². The Morgan fingerprint density at radius 2 is 1.93 bits per heavy atom. The highest BCUT2D eigenvalue weighted by Gasteiger charge is 2.30. The van der Waals surface area contributed by atoms with E-state index in [1.54, 1.807) is 24.3 Å². The quantitative estimate of drug-likeness (QED) is 0.704. The van der Waals surface area contributed by atoms with Gasteiger partial charge in [-0.25, -0.2) is 4.98 Å². The van der Waals surface area contributed by atoms with Gasteiger partial charge in [0.15, 0.2) is 11.9 Å². The first-order valence-electron chi connectivity index (χ1n) is 8.08. The van der Waals surface area contributed by atoms with Crippen molar-refractivity contribution in [3.05, 3.63) is 75.8 Å². The maximum atomic E-state index is 12.7. The maximum Gasteiger partial charge on any atom is 0.416 e. The Morgan fingerprint density at radius 3 is 2.67 bits per heavy atom. The Labute approximate surface area is 151 Å². The number of alkyl halides is 3. The van der Waals surface area contributed by atoms with Crippen LogP contribution in [0.4, 0.5) is 13.2 Å². The zero-order valence-electron chi connectivity index (χ0n) is 14.2. The first kappa shape index (κ1) is 18.6. The van der Waals surface area contributed by atoms with Crippen molar-refractivity contribution in [2.24, 2.45) is 0 Å². The number of carbonyl (C=O) groups excluding carboxylic acids is 1. The summed E-state index contributed by atoms with van der Waals surface area (Å²) < 4.78 is 43.4. The summed E-state index contributed by atoms with van der Waals surface area (Å²) >= 11 is 0. The number of aromatic nitrogens is 2. The third kappa shape index (κ3) is 4.33. The Kier molecular flexibility index (Phi) is 4.98. The first-order chi connectivity index (χ1) is 12.7. The molecule has 0 aliphatic heterocycles. The van der Waals surface area contributed by atoms with Crippen LogP contribution in [0, 0.1) is 0 Å². The number of halogens is 3. The standard InChI is InChI=1S/C19H15F3N2O3/c1-11(17-23-15-8-3-2-7-14(15)18(26)24-17)27-16(25)10-12-5-4-6-13(9-12)19(20,21)22/h2-9,11H,10H2,1H3,(H,23,24,26)/t11-/m0/s1. The predicted octanol–water partition coefficient (Wildman–Crippen LogP) is 3.79. The molecule has 0 unspecified atom stereocenters. The van der Waals surface area contributed by atoms with Gasteiger partial charge in [-0.15, -0.1) is 0 Å². The number of rotatable bonds is 4. The fraction of sp³-hybridized carbons (Fsp3) is 0.211. The van der Waals surface area contributed by atoms with Crippen molar-refractivity contribution in [3.63, 3.8) is 0 Å². The van der Waals surface area contributed by atoms with Crippen molar-refractivity contribution in [2.45, 2.75) is 25.6 Å².